The molecule has 3 heteroatoms. The number of hydrogen-bond acceptors (Lipinski definition) is 3. The molecule has 2 heterocycles. The van der Waals surface area contributed by atoms with Crippen LogP contribution in [0.25, 0.3) is 0 Å². The summed E-state index contributed by atoms with van der Waals surface area (Å²) in [7, 11) is 4.30. The van der Waals surface area contributed by atoms with Gasteiger partial charge in [0.2, 0.25) is 0 Å². The maximum atomic E-state index is 3.36. The zero-order chi connectivity index (χ0) is 11.4. The first kappa shape index (κ1) is 12.1. The van der Waals surface area contributed by atoms with E-state index in [1.807, 2.05) is 11.3 Å². The van der Waals surface area contributed by atoms with Crippen LogP contribution in [0.1, 0.15) is 23.6 Å². The van der Waals surface area contributed by atoms with E-state index in [0.29, 0.717) is 0 Å². The van der Waals surface area contributed by atoms with Crippen LogP contribution in [-0.4, -0.2) is 38.6 Å². The average Bonchev–Trinajstić information content (AvgIpc) is 2.81. The summed E-state index contributed by atoms with van der Waals surface area (Å²) in [6, 6.07) is 4.47. The first-order chi connectivity index (χ1) is 7.81. The Hall–Kier alpha value is -0.380. The maximum absolute atomic E-state index is 3.36. The Morgan fingerprint density at radius 1 is 1.50 bits per heavy atom. The molecule has 2 nitrogen and oxygen atoms in total. The highest BCUT2D eigenvalue weighted by atomic mass is 32.1. The monoisotopic (exact) mass is 238 g/mol. The number of piperidine rings is 1. The van der Waals surface area contributed by atoms with Gasteiger partial charge in [-0.2, -0.15) is 0 Å². The molecule has 0 spiro atoms. The Labute approximate surface area is 103 Å². The second kappa shape index (κ2) is 5.80. The predicted molar refractivity (Wildman–Crippen MR) is 71.2 cm³/mol. The molecule has 1 aromatic rings. The number of rotatable bonds is 4. The fraction of sp³-hybridized carbons (Fsp3) is 0.692. The van der Waals surface area contributed by atoms with E-state index in [9.17, 15) is 0 Å². The molecule has 16 heavy (non-hydrogen) atoms. The Balaban J connectivity index is 2.02. The van der Waals surface area contributed by atoms with Crippen LogP contribution in [0.3, 0.4) is 0 Å². The van der Waals surface area contributed by atoms with Crippen molar-refractivity contribution in [3.05, 3.63) is 22.4 Å². The molecule has 0 aromatic carbocycles. The van der Waals surface area contributed by atoms with Crippen molar-refractivity contribution in [2.45, 2.75) is 18.8 Å². The predicted octanol–water partition coefficient (Wildman–Crippen LogP) is 2.39. The van der Waals surface area contributed by atoms with Crippen LogP contribution < -0.4 is 5.32 Å². The van der Waals surface area contributed by atoms with E-state index in [-0.39, 0.29) is 0 Å². The van der Waals surface area contributed by atoms with E-state index in [1.54, 1.807) is 4.88 Å². The first-order valence-electron chi connectivity index (χ1n) is 6.18. The lowest BCUT2D eigenvalue weighted by Crippen LogP contribution is -2.35. The summed E-state index contributed by atoms with van der Waals surface area (Å²) in [6.45, 7) is 3.64. The lowest BCUT2D eigenvalue weighted by molar-refractivity contribution is 0.198. The molecule has 1 aliphatic heterocycles. The lowest BCUT2D eigenvalue weighted by Gasteiger charge is -2.34. The van der Waals surface area contributed by atoms with Gasteiger partial charge in [0.15, 0.2) is 0 Å². The minimum absolute atomic E-state index is 0.721. The van der Waals surface area contributed by atoms with E-state index >= 15 is 0 Å². The van der Waals surface area contributed by atoms with E-state index in [2.05, 4.69) is 41.8 Å². The first-order valence-corrected chi connectivity index (χ1v) is 7.05. The molecule has 1 aromatic heterocycles. The van der Waals surface area contributed by atoms with Crippen LogP contribution >= 0.6 is 11.3 Å². The molecule has 0 bridgehead atoms. The summed E-state index contributed by atoms with van der Waals surface area (Å²) in [4.78, 5) is 4.00. The Kier molecular flexibility index (Phi) is 4.38. The minimum Gasteiger partial charge on any atom is -0.319 e. The van der Waals surface area contributed by atoms with Gasteiger partial charge in [-0.3, -0.25) is 0 Å². The van der Waals surface area contributed by atoms with Crippen LogP contribution in [0.5, 0.6) is 0 Å². The average molecular weight is 238 g/mol. The van der Waals surface area contributed by atoms with Gasteiger partial charge in [-0.15, -0.1) is 11.3 Å². The quantitative estimate of drug-likeness (QED) is 0.866. The molecule has 1 atom stereocenters. The second-order valence-electron chi connectivity index (χ2n) is 4.82. The normalized spacial score (nSPS) is 21.1. The van der Waals surface area contributed by atoms with E-state index in [0.717, 1.165) is 18.4 Å². The molecular weight excluding hydrogens is 216 g/mol. The number of nitrogens with zero attached hydrogens (tertiary/aromatic N) is 1. The highest BCUT2D eigenvalue weighted by molar-refractivity contribution is 7.10. The third-order valence-corrected chi connectivity index (χ3v) is 4.67. The highest BCUT2D eigenvalue weighted by Gasteiger charge is 2.26. The molecule has 1 aliphatic rings. The number of nitrogens with one attached hydrogen (secondary N) is 1. The van der Waals surface area contributed by atoms with Gasteiger partial charge >= 0.3 is 0 Å². The molecule has 0 aliphatic carbocycles. The van der Waals surface area contributed by atoms with Crippen molar-refractivity contribution in [1.29, 1.82) is 0 Å². The minimum atomic E-state index is 0.721. The molecule has 1 saturated heterocycles. The molecule has 90 valence electrons. The molecule has 0 amide bonds. The third-order valence-electron chi connectivity index (χ3n) is 3.66. The zero-order valence-corrected chi connectivity index (χ0v) is 11.1. The number of thiophene rings is 1. The Morgan fingerprint density at radius 2 is 2.25 bits per heavy atom. The summed E-state index contributed by atoms with van der Waals surface area (Å²) in [5.41, 5.74) is 0. The fourth-order valence-corrected chi connectivity index (χ4v) is 3.57. The fourth-order valence-electron chi connectivity index (χ4n) is 2.65. The molecule has 1 fully saturated rings. The van der Waals surface area contributed by atoms with Gasteiger partial charge in [-0.25, -0.2) is 0 Å². The Bertz CT molecular complexity index is 289. The van der Waals surface area contributed by atoms with Crippen LogP contribution in [-0.2, 0) is 0 Å². The lowest BCUT2D eigenvalue weighted by atomic mass is 9.83. The molecule has 0 radical (unpaired) electrons. The number of hydrogen-bond donors (Lipinski definition) is 1. The van der Waals surface area contributed by atoms with Gasteiger partial charge in [0.1, 0.15) is 0 Å². The van der Waals surface area contributed by atoms with Gasteiger partial charge < -0.3 is 10.2 Å². The van der Waals surface area contributed by atoms with Gasteiger partial charge in [-0.05, 0) is 57.4 Å². The largest absolute Gasteiger partial charge is 0.319 e. The highest BCUT2D eigenvalue weighted by Crippen LogP contribution is 2.34. The standard InChI is InChI=1S/C13H22N2S/c1-14-10-12(13-4-3-9-16-13)11-5-7-15(2)8-6-11/h3-4,9,11-12,14H,5-8,10H2,1-2H3. The van der Waals surface area contributed by atoms with Gasteiger partial charge in [0.25, 0.3) is 0 Å². The number of likely N-dealkylation sites (N-methyl/N-ethyl adjacent to an activating group) is 1. The van der Waals surface area contributed by atoms with Crippen LogP contribution in [0.2, 0.25) is 0 Å². The molecule has 0 saturated carbocycles. The summed E-state index contributed by atoms with van der Waals surface area (Å²) >= 11 is 1.91. The van der Waals surface area contributed by atoms with E-state index < -0.39 is 0 Å². The molecule has 1 N–H and O–H groups in total. The molecular formula is C13H22N2S. The van der Waals surface area contributed by atoms with E-state index in [4.69, 9.17) is 0 Å². The van der Waals surface area contributed by atoms with Gasteiger partial charge in [0.05, 0.1) is 0 Å². The Morgan fingerprint density at radius 3 is 2.81 bits per heavy atom. The smallest absolute Gasteiger partial charge is 0.00916 e. The SMILES string of the molecule is CNCC(c1cccs1)C1CCN(C)CC1. The molecule has 1 unspecified atom stereocenters. The summed E-state index contributed by atoms with van der Waals surface area (Å²) in [5, 5.41) is 5.56. The third kappa shape index (κ3) is 2.84. The zero-order valence-electron chi connectivity index (χ0n) is 10.3. The van der Waals surface area contributed by atoms with Gasteiger partial charge in [-0.1, -0.05) is 6.07 Å². The summed E-state index contributed by atoms with van der Waals surface area (Å²) in [5.74, 6) is 1.58. The van der Waals surface area contributed by atoms with Crippen molar-refractivity contribution in [1.82, 2.24) is 10.2 Å². The number of likely N-dealkylation sites (tertiary alicyclic amines) is 1. The van der Waals surface area contributed by atoms with Crippen LogP contribution in [0, 0.1) is 5.92 Å². The maximum Gasteiger partial charge on any atom is 0.00916 e. The summed E-state index contributed by atoms with van der Waals surface area (Å²) in [6.07, 6.45) is 2.70. The second-order valence-corrected chi connectivity index (χ2v) is 5.80. The van der Waals surface area contributed by atoms with Crippen molar-refractivity contribution >= 4 is 11.3 Å². The topological polar surface area (TPSA) is 15.3 Å². The van der Waals surface area contributed by atoms with Crippen molar-refractivity contribution < 1.29 is 0 Å². The van der Waals surface area contributed by atoms with E-state index in [1.165, 1.54) is 25.9 Å². The van der Waals surface area contributed by atoms with Crippen molar-refractivity contribution in [3.8, 4) is 0 Å². The van der Waals surface area contributed by atoms with Crippen molar-refractivity contribution in [3.63, 3.8) is 0 Å². The van der Waals surface area contributed by atoms with Crippen molar-refractivity contribution in [2.24, 2.45) is 5.92 Å². The van der Waals surface area contributed by atoms with Gasteiger partial charge in [0, 0.05) is 17.3 Å². The van der Waals surface area contributed by atoms with Crippen LogP contribution in [0.4, 0.5) is 0 Å². The summed E-state index contributed by atoms with van der Waals surface area (Å²) < 4.78 is 0. The van der Waals surface area contributed by atoms with Crippen LogP contribution in [0.15, 0.2) is 17.5 Å². The molecule has 2 rings (SSSR count). The van der Waals surface area contributed by atoms with Crippen molar-refractivity contribution in [2.75, 3.05) is 33.7 Å².